The van der Waals surface area contributed by atoms with Gasteiger partial charge in [-0.15, -0.1) is 0 Å². The summed E-state index contributed by atoms with van der Waals surface area (Å²) in [4.78, 5) is 24.3. The van der Waals surface area contributed by atoms with Crippen molar-refractivity contribution in [3.05, 3.63) is 57.6 Å². The Labute approximate surface area is 151 Å². The zero-order chi connectivity index (χ0) is 19.3. The number of nitrogens with zero attached hydrogens (tertiary/aromatic N) is 2. The van der Waals surface area contributed by atoms with Crippen molar-refractivity contribution in [1.82, 2.24) is 0 Å². The minimum atomic E-state index is -0.641. The number of benzene rings is 2. The Balaban J connectivity index is 2.39. The number of non-ortho nitro benzene ring substituents is 1. The molecule has 0 atom stereocenters. The van der Waals surface area contributed by atoms with Gasteiger partial charge in [0.05, 0.1) is 37.5 Å². The van der Waals surface area contributed by atoms with Crippen LogP contribution >= 0.6 is 0 Å². The lowest BCUT2D eigenvalue weighted by atomic mass is 10.1. The predicted octanol–water partition coefficient (Wildman–Crippen LogP) is 3.04. The van der Waals surface area contributed by atoms with Crippen LogP contribution in [0.4, 0.5) is 11.4 Å². The van der Waals surface area contributed by atoms with Crippen LogP contribution in [0.2, 0.25) is 0 Å². The Hall–Kier alpha value is -3.29. The van der Waals surface area contributed by atoms with E-state index in [1.807, 2.05) is 12.1 Å². The number of anilines is 1. The van der Waals surface area contributed by atoms with Gasteiger partial charge in [0.2, 0.25) is 0 Å². The van der Waals surface area contributed by atoms with Crippen molar-refractivity contribution in [3.63, 3.8) is 0 Å². The van der Waals surface area contributed by atoms with Crippen LogP contribution < -0.4 is 14.4 Å². The standard InChI is InChI=1S/C18H20N2O6/c1-19(11-12-5-7-14(24-2)10-17(12)25-3)16-8-6-13(20(22)23)9-15(16)18(21)26-4/h5-10H,11H2,1-4H3. The second-order valence-electron chi connectivity index (χ2n) is 5.48. The molecular weight excluding hydrogens is 340 g/mol. The number of methoxy groups -OCH3 is 3. The van der Waals surface area contributed by atoms with E-state index >= 15 is 0 Å². The van der Waals surface area contributed by atoms with Crippen molar-refractivity contribution in [1.29, 1.82) is 0 Å². The molecule has 0 saturated carbocycles. The highest BCUT2D eigenvalue weighted by molar-refractivity contribution is 5.96. The van der Waals surface area contributed by atoms with Gasteiger partial charge in [0.1, 0.15) is 11.5 Å². The molecule has 0 spiro atoms. The fraction of sp³-hybridized carbons (Fsp3) is 0.278. The van der Waals surface area contributed by atoms with E-state index in [2.05, 4.69) is 0 Å². The minimum absolute atomic E-state index is 0.122. The van der Waals surface area contributed by atoms with E-state index in [9.17, 15) is 14.9 Å². The monoisotopic (exact) mass is 360 g/mol. The third-order valence-electron chi connectivity index (χ3n) is 3.91. The van der Waals surface area contributed by atoms with Gasteiger partial charge < -0.3 is 19.1 Å². The third-order valence-corrected chi connectivity index (χ3v) is 3.91. The second-order valence-corrected chi connectivity index (χ2v) is 5.48. The number of carbonyl (C=O) groups excluding carboxylic acids is 1. The lowest BCUT2D eigenvalue weighted by Gasteiger charge is -2.23. The minimum Gasteiger partial charge on any atom is -0.497 e. The topological polar surface area (TPSA) is 91.1 Å². The Morgan fingerprint density at radius 1 is 1.12 bits per heavy atom. The fourth-order valence-electron chi connectivity index (χ4n) is 2.57. The molecule has 0 unspecified atom stereocenters. The molecule has 0 saturated heterocycles. The molecule has 0 bridgehead atoms. The number of ether oxygens (including phenoxy) is 3. The molecule has 2 aromatic carbocycles. The Bertz CT molecular complexity index is 821. The molecule has 8 heteroatoms. The van der Waals surface area contributed by atoms with E-state index in [4.69, 9.17) is 14.2 Å². The van der Waals surface area contributed by atoms with Crippen LogP contribution in [-0.2, 0) is 11.3 Å². The van der Waals surface area contributed by atoms with Crippen LogP contribution in [0.25, 0.3) is 0 Å². The van der Waals surface area contributed by atoms with E-state index < -0.39 is 10.9 Å². The zero-order valence-corrected chi connectivity index (χ0v) is 15.0. The van der Waals surface area contributed by atoms with Crippen molar-refractivity contribution in [3.8, 4) is 11.5 Å². The number of hydrogen-bond acceptors (Lipinski definition) is 7. The highest BCUT2D eigenvalue weighted by Gasteiger charge is 2.20. The summed E-state index contributed by atoms with van der Waals surface area (Å²) in [5, 5.41) is 11.0. The maximum atomic E-state index is 12.1. The number of hydrogen-bond donors (Lipinski definition) is 0. The predicted molar refractivity (Wildman–Crippen MR) is 96.1 cm³/mol. The molecule has 0 fully saturated rings. The fourth-order valence-corrected chi connectivity index (χ4v) is 2.57. The maximum Gasteiger partial charge on any atom is 0.340 e. The van der Waals surface area contributed by atoms with Gasteiger partial charge in [-0.3, -0.25) is 10.1 Å². The molecule has 0 aliphatic carbocycles. The second kappa shape index (κ2) is 8.19. The first kappa shape index (κ1) is 19.0. The summed E-state index contributed by atoms with van der Waals surface area (Å²) in [6.07, 6.45) is 0. The summed E-state index contributed by atoms with van der Waals surface area (Å²) < 4.78 is 15.3. The molecular formula is C18H20N2O6. The summed E-state index contributed by atoms with van der Waals surface area (Å²) >= 11 is 0. The highest BCUT2D eigenvalue weighted by Crippen LogP contribution is 2.30. The maximum absolute atomic E-state index is 12.1. The van der Waals surface area contributed by atoms with Crippen molar-refractivity contribution in [2.45, 2.75) is 6.54 Å². The van der Waals surface area contributed by atoms with E-state index in [1.165, 1.54) is 25.3 Å². The van der Waals surface area contributed by atoms with Crippen LogP contribution in [-0.4, -0.2) is 39.3 Å². The van der Waals surface area contributed by atoms with Gasteiger partial charge in [-0.25, -0.2) is 4.79 Å². The molecule has 0 N–H and O–H groups in total. The third kappa shape index (κ3) is 4.02. The number of rotatable bonds is 7. The first-order chi connectivity index (χ1) is 12.4. The number of nitro groups is 1. The smallest absolute Gasteiger partial charge is 0.340 e. The average molecular weight is 360 g/mol. The molecule has 0 aliphatic heterocycles. The SMILES string of the molecule is COC(=O)c1cc([N+](=O)[O-])ccc1N(C)Cc1ccc(OC)cc1OC. The molecule has 0 aliphatic rings. The largest absolute Gasteiger partial charge is 0.497 e. The Morgan fingerprint density at radius 3 is 2.42 bits per heavy atom. The summed E-state index contributed by atoms with van der Waals surface area (Å²) in [6, 6.07) is 9.52. The Kier molecular flexibility index (Phi) is 6.00. The van der Waals surface area contributed by atoms with E-state index in [0.29, 0.717) is 23.7 Å². The molecule has 8 nitrogen and oxygen atoms in total. The molecule has 26 heavy (non-hydrogen) atoms. The average Bonchev–Trinajstić information content (AvgIpc) is 2.66. The molecule has 0 aromatic heterocycles. The van der Waals surface area contributed by atoms with Crippen LogP contribution in [0, 0.1) is 10.1 Å². The summed E-state index contributed by atoms with van der Waals surface area (Å²) in [6.45, 7) is 0.412. The first-order valence-electron chi connectivity index (χ1n) is 7.70. The molecule has 0 heterocycles. The van der Waals surface area contributed by atoms with Gasteiger partial charge in [0.15, 0.2) is 0 Å². The van der Waals surface area contributed by atoms with Gasteiger partial charge in [-0.2, -0.15) is 0 Å². The number of carbonyl (C=O) groups is 1. The van der Waals surface area contributed by atoms with E-state index in [0.717, 1.165) is 5.56 Å². The van der Waals surface area contributed by atoms with Crippen molar-refractivity contribution < 1.29 is 23.9 Å². The Morgan fingerprint density at radius 2 is 1.85 bits per heavy atom. The molecule has 2 rings (SSSR count). The molecule has 138 valence electrons. The van der Waals surface area contributed by atoms with E-state index in [1.54, 1.807) is 32.2 Å². The van der Waals surface area contributed by atoms with Crippen molar-refractivity contribution in [2.24, 2.45) is 0 Å². The van der Waals surface area contributed by atoms with Gasteiger partial charge in [-0.1, -0.05) is 0 Å². The van der Waals surface area contributed by atoms with Gasteiger partial charge in [-0.05, 0) is 18.2 Å². The molecule has 2 aromatic rings. The highest BCUT2D eigenvalue weighted by atomic mass is 16.6. The van der Waals surface area contributed by atoms with Crippen LogP contribution in [0.5, 0.6) is 11.5 Å². The lowest BCUT2D eigenvalue weighted by Crippen LogP contribution is -2.20. The number of nitro benzene ring substituents is 1. The quantitative estimate of drug-likeness (QED) is 0.426. The van der Waals surface area contributed by atoms with Gasteiger partial charge >= 0.3 is 5.97 Å². The van der Waals surface area contributed by atoms with Gasteiger partial charge in [0, 0.05) is 37.4 Å². The van der Waals surface area contributed by atoms with Crippen LogP contribution in [0.1, 0.15) is 15.9 Å². The van der Waals surface area contributed by atoms with Crippen molar-refractivity contribution >= 4 is 17.3 Å². The molecule has 0 radical (unpaired) electrons. The lowest BCUT2D eigenvalue weighted by molar-refractivity contribution is -0.384. The van der Waals surface area contributed by atoms with Crippen LogP contribution in [0.3, 0.4) is 0 Å². The first-order valence-corrected chi connectivity index (χ1v) is 7.70. The van der Waals surface area contributed by atoms with Crippen LogP contribution in [0.15, 0.2) is 36.4 Å². The van der Waals surface area contributed by atoms with Crippen molar-refractivity contribution in [2.75, 3.05) is 33.3 Å². The summed E-state index contributed by atoms with van der Waals surface area (Å²) in [5.41, 5.74) is 1.33. The van der Waals surface area contributed by atoms with E-state index in [-0.39, 0.29) is 11.3 Å². The van der Waals surface area contributed by atoms with Gasteiger partial charge in [0.25, 0.3) is 5.69 Å². The zero-order valence-electron chi connectivity index (χ0n) is 15.0. The number of esters is 1. The molecule has 0 amide bonds. The normalized spacial score (nSPS) is 10.2. The summed E-state index contributed by atoms with van der Waals surface area (Å²) in [7, 11) is 6.14. The summed E-state index contributed by atoms with van der Waals surface area (Å²) in [5.74, 6) is 0.661.